The zero-order valence-corrected chi connectivity index (χ0v) is 15.6. The van der Waals surface area contributed by atoms with Gasteiger partial charge in [0.05, 0.1) is 16.3 Å². The molecule has 0 spiro atoms. The van der Waals surface area contributed by atoms with Crippen molar-refractivity contribution in [1.29, 1.82) is 0 Å². The first-order valence-corrected chi connectivity index (χ1v) is 10.0. The van der Waals surface area contributed by atoms with Gasteiger partial charge in [-0.05, 0) is 36.8 Å². The zero-order chi connectivity index (χ0) is 18.5. The van der Waals surface area contributed by atoms with E-state index in [2.05, 4.69) is 0 Å². The molecule has 26 heavy (non-hydrogen) atoms. The first-order valence-electron chi connectivity index (χ1n) is 8.17. The molecule has 3 aromatic rings. The Morgan fingerprint density at radius 2 is 1.92 bits per heavy atom. The molecule has 134 valence electrons. The van der Waals surface area contributed by atoms with Crippen molar-refractivity contribution in [2.75, 3.05) is 6.54 Å². The van der Waals surface area contributed by atoms with Crippen LogP contribution in [0.1, 0.15) is 18.2 Å². The number of halogens is 1. The van der Waals surface area contributed by atoms with Crippen LogP contribution in [0.4, 0.5) is 0 Å². The van der Waals surface area contributed by atoms with Crippen LogP contribution in [0.15, 0.2) is 56.7 Å². The molecule has 0 fully saturated rings. The number of carbonyl (C=O) groups excluding carboxylic acids is 1. The van der Waals surface area contributed by atoms with Gasteiger partial charge < -0.3 is 9.32 Å². The topological polar surface area (TPSA) is 67.6 Å². The lowest BCUT2D eigenvalue weighted by atomic mass is 10.0. The molecule has 0 unspecified atom stereocenters. The molecular weight excluding hydrogens is 374 g/mol. The summed E-state index contributed by atoms with van der Waals surface area (Å²) in [5.41, 5.74) is 1.56. The van der Waals surface area contributed by atoms with Gasteiger partial charge in [-0.25, -0.2) is 8.42 Å². The minimum Gasteiger partial charge on any atom is -0.459 e. The van der Waals surface area contributed by atoms with E-state index in [9.17, 15) is 13.2 Å². The van der Waals surface area contributed by atoms with Gasteiger partial charge in [0, 0.05) is 35.5 Å². The number of rotatable bonds is 2. The average molecular weight is 390 g/mol. The van der Waals surface area contributed by atoms with Crippen molar-refractivity contribution in [3.8, 4) is 0 Å². The number of fused-ring (bicyclic) bond motifs is 3. The Labute approximate surface area is 156 Å². The maximum Gasteiger partial charge on any atom is 0.219 e. The molecule has 1 aliphatic rings. The van der Waals surface area contributed by atoms with Gasteiger partial charge in [-0.3, -0.25) is 4.79 Å². The quantitative estimate of drug-likeness (QED) is 0.668. The van der Waals surface area contributed by atoms with Crippen LogP contribution in [0.3, 0.4) is 0 Å². The van der Waals surface area contributed by atoms with Gasteiger partial charge in [-0.2, -0.15) is 0 Å². The second-order valence-electron chi connectivity index (χ2n) is 6.31. The van der Waals surface area contributed by atoms with E-state index in [1.54, 1.807) is 35.2 Å². The minimum absolute atomic E-state index is 0.000305. The van der Waals surface area contributed by atoms with Crippen LogP contribution in [0, 0.1) is 0 Å². The van der Waals surface area contributed by atoms with Crippen LogP contribution < -0.4 is 0 Å². The van der Waals surface area contributed by atoms with Crippen LogP contribution in [0.2, 0.25) is 5.02 Å². The van der Waals surface area contributed by atoms with E-state index in [0.717, 1.165) is 16.7 Å². The monoisotopic (exact) mass is 389 g/mol. The van der Waals surface area contributed by atoms with Crippen molar-refractivity contribution in [1.82, 2.24) is 4.90 Å². The fourth-order valence-corrected chi connectivity index (χ4v) is 4.86. The maximum absolute atomic E-state index is 12.9. The fraction of sp³-hybridized carbons (Fsp3) is 0.211. The Morgan fingerprint density at radius 3 is 2.65 bits per heavy atom. The van der Waals surface area contributed by atoms with Gasteiger partial charge in [0.15, 0.2) is 0 Å². The molecular formula is C19H16ClNO4S. The fourth-order valence-electron chi connectivity index (χ4n) is 3.29. The van der Waals surface area contributed by atoms with Crippen molar-refractivity contribution < 1.29 is 17.6 Å². The maximum atomic E-state index is 12.9. The summed E-state index contributed by atoms with van der Waals surface area (Å²) >= 11 is 5.93. The lowest BCUT2D eigenvalue weighted by Crippen LogP contribution is -2.33. The van der Waals surface area contributed by atoms with E-state index < -0.39 is 9.84 Å². The van der Waals surface area contributed by atoms with Gasteiger partial charge in [0.25, 0.3) is 0 Å². The summed E-state index contributed by atoms with van der Waals surface area (Å²) in [5.74, 6) is 0.721. The Balaban J connectivity index is 1.79. The minimum atomic E-state index is -3.69. The number of sulfone groups is 1. The van der Waals surface area contributed by atoms with Crippen molar-refractivity contribution in [3.63, 3.8) is 0 Å². The number of nitrogens with zero attached hydrogens (tertiary/aromatic N) is 1. The van der Waals surface area contributed by atoms with E-state index in [1.165, 1.54) is 19.1 Å². The van der Waals surface area contributed by atoms with Crippen LogP contribution in [0.25, 0.3) is 11.0 Å². The second-order valence-corrected chi connectivity index (χ2v) is 8.70. The molecule has 7 heteroatoms. The summed E-state index contributed by atoms with van der Waals surface area (Å²) in [6.07, 6.45) is 0.697. The molecule has 2 aromatic carbocycles. The highest BCUT2D eigenvalue weighted by Gasteiger charge is 2.25. The van der Waals surface area contributed by atoms with Crippen molar-refractivity contribution in [2.24, 2.45) is 0 Å². The molecule has 0 aliphatic carbocycles. The molecule has 2 heterocycles. The predicted octanol–water partition coefficient (Wildman–Crippen LogP) is 3.82. The summed E-state index contributed by atoms with van der Waals surface area (Å²) in [7, 11) is -3.69. The molecule has 0 bridgehead atoms. The number of furan rings is 1. The normalized spacial score (nSPS) is 14.5. The summed E-state index contributed by atoms with van der Waals surface area (Å²) in [4.78, 5) is 13.6. The summed E-state index contributed by atoms with van der Waals surface area (Å²) in [6.45, 7) is 2.58. The van der Waals surface area contributed by atoms with E-state index in [4.69, 9.17) is 16.0 Å². The van der Waals surface area contributed by atoms with Crippen LogP contribution in [0.5, 0.6) is 0 Å². The van der Waals surface area contributed by atoms with Gasteiger partial charge in [-0.1, -0.05) is 17.7 Å². The van der Waals surface area contributed by atoms with Crippen molar-refractivity contribution >= 4 is 38.3 Å². The number of benzene rings is 2. The number of carbonyl (C=O) groups is 1. The van der Waals surface area contributed by atoms with E-state index in [0.29, 0.717) is 30.1 Å². The largest absolute Gasteiger partial charge is 0.459 e. The predicted molar refractivity (Wildman–Crippen MR) is 97.9 cm³/mol. The first-order chi connectivity index (χ1) is 12.4. The summed E-state index contributed by atoms with van der Waals surface area (Å²) < 4.78 is 31.6. The average Bonchev–Trinajstić information content (AvgIpc) is 2.98. The van der Waals surface area contributed by atoms with Crippen LogP contribution in [-0.2, 0) is 27.6 Å². The van der Waals surface area contributed by atoms with E-state index in [-0.39, 0.29) is 15.7 Å². The van der Waals surface area contributed by atoms with Crippen LogP contribution in [-0.4, -0.2) is 25.8 Å². The third kappa shape index (κ3) is 2.79. The molecule has 0 saturated carbocycles. The lowest BCUT2D eigenvalue weighted by Gasteiger charge is -2.24. The van der Waals surface area contributed by atoms with Gasteiger partial charge in [0.1, 0.15) is 11.3 Å². The van der Waals surface area contributed by atoms with Crippen molar-refractivity contribution in [3.05, 3.63) is 58.8 Å². The molecule has 0 saturated heterocycles. The third-order valence-corrected chi connectivity index (χ3v) is 6.66. The number of amides is 1. The van der Waals surface area contributed by atoms with Gasteiger partial charge in [-0.15, -0.1) is 0 Å². The molecule has 0 N–H and O–H groups in total. The molecule has 0 radical (unpaired) electrons. The molecule has 4 rings (SSSR count). The highest BCUT2D eigenvalue weighted by atomic mass is 35.5. The summed E-state index contributed by atoms with van der Waals surface area (Å²) in [5, 5.41) is 1.26. The first kappa shape index (κ1) is 17.1. The Morgan fingerprint density at radius 1 is 1.15 bits per heavy atom. The Hall–Kier alpha value is -2.31. The van der Waals surface area contributed by atoms with Crippen molar-refractivity contribution in [2.45, 2.75) is 29.7 Å². The van der Waals surface area contributed by atoms with Gasteiger partial charge in [0.2, 0.25) is 15.7 Å². The number of hydrogen-bond acceptors (Lipinski definition) is 4. The number of hydrogen-bond donors (Lipinski definition) is 0. The summed E-state index contributed by atoms with van der Waals surface area (Å²) in [6, 6.07) is 11.1. The smallest absolute Gasteiger partial charge is 0.219 e. The van der Waals surface area contributed by atoms with Crippen LogP contribution >= 0.6 is 11.6 Å². The molecule has 1 amide bonds. The zero-order valence-electron chi connectivity index (χ0n) is 14.0. The highest BCUT2D eigenvalue weighted by Crippen LogP contribution is 2.33. The highest BCUT2D eigenvalue weighted by molar-refractivity contribution is 7.91. The SMILES string of the molecule is CC(=O)N1CCc2c(oc3cc(S(=O)(=O)c4cccc(Cl)c4)ccc23)C1. The lowest BCUT2D eigenvalue weighted by molar-refractivity contribution is -0.130. The standard InChI is InChI=1S/C19H16ClNO4S/c1-12(22)21-8-7-17-16-6-5-15(10-18(16)25-19(17)11-21)26(23,24)14-4-2-3-13(20)9-14/h2-6,9-10H,7-8,11H2,1H3. The third-order valence-electron chi connectivity index (χ3n) is 4.68. The Kier molecular flexibility index (Phi) is 4.04. The van der Waals surface area contributed by atoms with Gasteiger partial charge >= 0.3 is 0 Å². The molecule has 0 atom stereocenters. The van der Waals surface area contributed by atoms with E-state index in [1.807, 2.05) is 0 Å². The molecule has 1 aliphatic heterocycles. The molecule has 1 aromatic heterocycles. The second kappa shape index (κ2) is 6.14. The van der Waals surface area contributed by atoms with E-state index >= 15 is 0 Å². The Bertz CT molecular complexity index is 1130. The molecule has 5 nitrogen and oxygen atoms in total.